The summed E-state index contributed by atoms with van der Waals surface area (Å²) in [5.41, 5.74) is 13.9. The van der Waals surface area contributed by atoms with Gasteiger partial charge in [0.2, 0.25) is 0 Å². The maximum absolute atomic E-state index is 6.49. The van der Waals surface area contributed by atoms with Gasteiger partial charge in [0, 0.05) is 11.8 Å². The predicted molar refractivity (Wildman–Crippen MR) is 81.4 cm³/mol. The number of hydrogen-bond acceptors (Lipinski definition) is 3. The molecular formula is C17H24N2O. The summed E-state index contributed by atoms with van der Waals surface area (Å²) in [6.45, 7) is 2.45. The molecule has 0 radical (unpaired) electrons. The van der Waals surface area contributed by atoms with E-state index in [1.807, 2.05) is 18.2 Å². The van der Waals surface area contributed by atoms with Crippen LogP contribution in [-0.2, 0) is 0 Å². The summed E-state index contributed by atoms with van der Waals surface area (Å²) in [5, 5.41) is 0. The smallest absolute Gasteiger partial charge is 0.145 e. The second kappa shape index (κ2) is 3.84. The van der Waals surface area contributed by atoms with E-state index in [-0.39, 0.29) is 5.60 Å². The zero-order valence-corrected chi connectivity index (χ0v) is 12.2. The zero-order valence-electron chi connectivity index (χ0n) is 12.2. The molecular weight excluding hydrogens is 248 g/mol. The maximum Gasteiger partial charge on any atom is 0.145 e. The third-order valence-electron chi connectivity index (χ3n) is 5.66. The monoisotopic (exact) mass is 272 g/mol. The van der Waals surface area contributed by atoms with Gasteiger partial charge < -0.3 is 16.2 Å². The number of nitrogen functional groups attached to an aromatic ring is 2. The van der Waals surface area contributed by atoms with Gasteiger partial charge in [-0.2, -0.15) is 0 Å². The standard InChI is InChI=1S/C17H24N2O/c1-16-6-11-4-12(7-16)9-17(8-11,10-16)20-15-5-13(18)2-3-14(15)19/h2-3,5,11-12H,4,6-10,18-19H2,1H3. The van der Waals surface area contributed by atoms with E-state index in [0.717, 1.165) is 23.3 Å². The van der Waals surface area contributed by atoms with E-state index in [0.29, 0.717) is 11.1 Å². The highest BCUT2D eigenvalue weighted by molar-refractivity contribution is 5.59. The Balaban J connectivity index is 1.66. The molecule has 0 aliphatic heterocycles. The van der Waals surface area contributed by atoms with Crippen LogP contribution in [0.2, 0.25) is 0 Å². The van der Waals surface area contributed by atoms with Gasteiger partial charge in [-0.25, -0.2) is 0 Å². The quantitative estimate of drug-likeness (QED) is 0.809. The van der Waals surface area contributed by atoms with Gasteiger partial charge in [0.25, 0.3) is 0 Å². The maximum atomic E-state index is 6.49. The summed E-state index contributed by atoms with van der Waals surface area (Å²) in [4.78, 5) is 0. The fourth-order valence-electron chi connectivity index (χ4n) is 5.62. The summed E-state index contributed by atoms with van der Waals surface area (Å²) >= 11 is 0. The Morgan fingerprint density at radius 3 is 2.45 bits per heavy atom. The Bertz CT molecular complexity index is 540. The molecule has 5 rings (SSSR count). The Morgan fingerprint density at radius 2 is 1.80 bits per heavy atom. The number of nitrogens with two attached hydrogens (primary N) is 2. The minimum atomic E-state index is 0.0146. The van der Waals surface area contributed by atoms with Crippen molar-refractivity contribution in [3.63, 3.8) is 0 Å². The SMILES string of the molecule is CC12CC3CC(C1)CC(Oc1cc(N)ccc1N)(C3)C2. The largest absolute Gasteiger partial charge is 0.485 e. The van der Waals surface area contributed by atoms with Crippen LogP contribution >= 0.6 is 0 Å². The molecule has 1 aromatic carbocycles. The molecule has 0 amide bonds. The first-order chi connectivity index (χ1) is 9.45. The van der Waals surface area contributed by atoms with Gasteiger partial charge in [-0.05, 0) is 67.9 Å². The average Bonchev–Trinajstić information content (AvgIpc) is 2.30. The fourth-order valence-corrected chi connectivity index (χ4v) is 5.62. The fraction of sp³-hybridized carbons (Fsp3) is 0.647. The van der Waals surface area contributed by atoms with Crippen LogP contribution < -0.4 is 16.2 Å². The summed E-state index contributed by atoms with van der Waals surface area (Å²) in [6, 6.07) is 5.58. The van der Waals surface area contributed by atoms with Crippen LogP contribution in [0.15, 0.2) is 18.2 Å². The molecule has 4 N–H and O–H groups in total. The zero-order chi connectivity index (χ0) is 14.0. The average molecular weight is 272 g/mol. The predicted octanol–water partition coefficient (Wildman–Crippen LogP) is 3.59. The second-order valence-corrected chi connectivity index (χ2v) is 7.85. The molecule has 108 valence electrons. The molecule has 2 atom stereocenters. The topological polar surface area (TPSA) is 61.3 Å². The van der Waals surface area contributed by atoms with E-state index in [9.17, 15) is 0 Å². The molecule has 2 unspecified atom stereocenters. The first-order valence-electron chi connectivity index (χ1n) is 7.79. The van der Waals surface area contributed by atoms with Crippen LogP contribution in [0.1, 0.15) is 45.4 Å². The van der Waals surface area contributed by atoms with Crippen LogP contribution in [0.4, 0.5) is 11.4 Å². The van der Waals surface area contributed by atoms with E-state index in [4.69, 9.17) is 16.2 Å². The lowest BCUT2D eigenvalue weighted by Crippen LogP contribution is -2.57. The van der Waals surface area contributed by atoms with Gasteiger partial charge in [-0.3, -0.25) is 0 Å². The molecule has 0 spiro atoms. The molecule has 4 fully saturated rings. The van der Waals surface area contributed by atoms with Crippen molar-refractivity contribution < 1.29 is 4.74 Å². The Hall–Kier alpha value is -1.38. The highest BCUT2D eigenvalue weighted by Crippen LogP contribution is 2.62. The lowest BCUT2D eigenvalue weighted by atomic mass is 9.48. The van der Waals surface area contributed by atoms with Crippen LogP contribution in [-0.4, -0.2) is 5.60 Å². The molecule has 1 aromatic rings. The number of ether oxygens (including phenoxy) is 1. The van der Waals surface area contributed by atoms with Crippen molar-refractivity contribution in [2.24, 2.45) is 17.3 Å². The summed E-state index contributed by atoms with van der Waals surface area (Å²) in [7, 11) is 0. The first kappa shape index (κ1) is 12.4. The van der Waals surface area contributed by atoms with Gasteiger partial charge in [-0.15, -0.1) is 0 Å². The molecule has 4 saturated carbocycles. The van der Waals surface area contributed by atoms with Crippen LogP contribution in [0.5, 0.6) is 5.75 Å². The van der Waals surface area contributed by atoms with Crippen molar-refractivity contribution >= 4 is 11.4 Å². The number of rotatable bonds is 2. The third-order valence-corrected chi connectivity index (χ3v) is 5.66. The Kier molecular flexibility index (Phi) is 2.37. The lowest BCUT2D eigenvalue weighted by Gasteiger charge is -2.60. The lowest BCUT2D eigenvalue weighted by molar-refractivity contribution is -0.142. The summed E-state index contributed by atoms with van der Waals surface area (Å²) < 4.78 is 6.49. The highest BCUT2D eigenvalue weighted by Gasteiger charge is 2.57. The van der Waals surface area contributed by atoms with E-state index in [1.54, 1.807) is 0 Å². The van der Waals surface area contributed by atoms with Gasteiger partial charge >= 0.3 is 0 Å². The second-order valence-electron chi connectivity index (χ2n) is 7.85. The molecule has 20 heavy (non-hydrogen) atoms. The normalized spacial score (nSPS) is 41.9. The minimum absolute atomic E-state index is 0.0146. The van der Waals surface area contributed by atoms with Crippen LogP contribution in [0, 0.1) is 17.3 Å². The number of benzene rings is 1. The van der Waals surface area contributed by atoms with Crippen molar-refractivity contribution in [3.05, 3.63) is 18.2 Å². The molecule has 4 aliphatic rings. The van der Waals surface area contributed by atoms with Crippen LogP contribution in [0.3, 0.4) is 0 Å². The number of anilines is 2. The molecule has 4 bridgehead atoms. The van der Waals surface area contributed by atoms with E-state index >= 15 is 0 Å². The van der Waals surface area contributed by atoms with Crippen molar-refractivity contribution in [2.45, 2.75) is 51.0 Å². The third kappa shape index (κ3) is 1.87. The molecule has 0 saturated heterocycles. The van der Waals surface area contributed by atoms with Gasteiger partial charge in [0.05, 0.1) is 5.69 Å². The van der Waals surface area contributed by atoms with Crippen molar-refractivity contribution in [1.82, 2.24) is 0 Å². The van der Waals surface area contributed by atoms with Crippen molar-refractivity contribution in [2.75, 3.05) is 11.5 Å². The summed E-state index contributed by atoms with van der Waals surface area (Å²) in [6.07, 6.45) is 7.77. The van der Waals surface area contributed by atoms with Crippen LogP contribution in [0.25, 0.3) is 0 Å². The molecule has 3 nitrogen and oxygen atoms in total. The van der Waals surface area contributed by atoms with Gasteiger partial charge in [0.1, 0.15) is 11.4 Å². The van der Waals surface area contributed by atoms with Gasteiger partial charge in [-0.1, -0.05) is 6.92 Å². The van der Waals surface area contributed by atoms with E-state index in [1.165, 1.54) is 38.5 Å². The Labute approximate surface area is 120 Å². The summed E-state index contributed by atoms with van der Waals surface area (Å²) in [5.74, 6) is 2.49. The molecule has 0 heterocycles. The molecule has 0 aromatic heterocycles. The Morgan fingerprint density at radius 1 is 1.10 bits per heavy atom. The van der Waals surface area contributed by atoms with Gasteiger partial charge in [0.15, 0.2) is 0 Å². The highest BCUT2D eigenvalue weighted by atomic mass is 16.5. The molecule has 3 heteroatoms. The number of hydrogen-bond donors (Lipinski definition) is 2. The first-order valence-corrected chi connectivity index (χ1v) is 7.79. The molecule has 4 aliphatic carbocycles. The van der Waals surface area contributed by atoms with E-state index in [2.05, 4.69) is 6.92 Å². The minimum Gasteiger partial charge on any atom is -0.485 e. The van der Waals surface area contributed by atoms with E-state index < -0.39 is 0 Å². The van der Waals surface area contributed by atoms with Crippen molar-refractivity contribution in [1.29, 1.82) is 0 Å². The van der Waals surface area contributed by atoms with Crippen molar-refractivity contribution in [3.8, 4) is 5.75 Å².